The zero-order chi connectivity index (χ0) is 28.8. The zero-order valence-corrected chi connectivity index (χ0v) is 24.1. The molecule has 0 aliphatic carbocycles. The van der Waals surface area contributed by atoms with Gasteiger partial charge in [-0.2, -0.15) is 5.26 Å². The first-order chi connectivity index (χ1) is 19.8. The van der Waals surface area contributed by atoms with Gasteiger partial charge >= 0.3 is 0 Å². The van der Waals surface area contributed by atoms with Crippen LogP contribution in [0, 0.1) is 11.3 Å². The molecule has 0 atom stereocenters. The molecule has 8 heteroatoms. The summed E-state index contributed by atoms with van der Waals surface area (Å²) in [6.45, 7) is 1.75. The Labute approximate surface area is 242 Å². The van der Waals surface area contributed by atoms with Crippen LogP contribution in [0.5, 0.6) is 0 Å². The smallest absolute Gasteiger partial charge is 0.264 e. The highest BCUT2D eigenvalue weighted by molar-refractivity contribution is 7.92. The van der Waals surface area contributed by atoms with Crippen LogP contribution in [0.1, 0.15) is 28.9 Å². The number of nitrogens with zero attached hydrogens (tertiary/aromatic N) is 5. The molecule has 0 bridgehead atoms. The molecule has 0 aliphatic heterocycles. The summed E-state index contributed by atoms with van der Waals surface area (Å²) in [7, 11) is 0.192. The maximum absolute atomic E-state index is 13.8. The van der Waals surface area contributed by atoms with Crippen molar-refractivity contribution >= 4 is 26.7 Å². The van der Waals surface area contributed by atoms with Gasteiger partial charge in [-0.05, 0) is 80.7 Å². The number of hydrogen-bond donors (Lipinski definition) is 0. The number of fused-ring (bicyclic) bond motifs is 1. The Balaban J connectivity index is 1.57. The fraction of sp³-hybridized carbons (Fsp3) is 0.212. The van der Waals surface area contributed by atoms with Crippen molar-refractivity contribution in [3.63, 3.8) is 0 Å². The van der Waals surface area contributed by atoms with Crippen molar-refractivity contribution < 1.29 is 8.42 Å². The molecule has 0 saturated carbocycles. The van der Waals surface area contributed by atoms with Gasteiger partial charge in [0.2, 0.25) is 0 Å². The summed E-state index contributed by atoms with van der Waals surface area (Å²) in [4.78, 5) is 7.34. The third kappa shape index (κ3) is 6.49. The van der Waals surface area contributed by atoms with Gasteiger partial charge in [0.25, 0.3) is 10.0 Å². The van der Waals surface area contributed by atoms with Crippen LogP contribution in [-0.4, -0.2) is 50.1 Å². The molecular weight excluding hydrogens is 530 g/mol. The lowest BCUT2D eigenvalue weighted by atomic mass is 10.1. The Morgan fingerprint density at radius 1 is 0.829 bits per heavy atom. The van der Waals surface area contributed by atoms with E-state index < -0.39 is 10.0 Å². The topological polar surface area (TPSA) is 82.2 Å². The first kappa shape index (κ1) is 28.1. The highest BCUT2D eigenvalue weighted by atomic mass is 32.2. The van der Waals surface area contributed by atoms with Crippen LogP contribution in [0.15, 0.2) is 108 Å². The van der Waals surface area contributed by atoms with Gasteiger partial charge in [-0.1, -0.05) is 60.7 Å². The summed E-state index contributed by atoms with van der Waals surface area (Å²) in [5.41, 5.74) is 5.08. The Hall–Kier alpha value is -4.45. The minimum atomic E-state index is -3.77. The number of nitriles is 1. The van der Waals surface area contributed by atoms with E-state index in [9.17, 15) is 13.7 Å². The minimum Gasteiger partial charge on any atom is -0.323 e. The van der Waals surface area contributed by atoms with Gasteiger partial charge in [0.05, 0.1) is 33.2 Å². The Bertz CT molecular complexity index is 1760. The second-order valence-electron chi connectivity index (χ2n) is 10.3. The van der Waals surface area contributed by atoms with Gasteiger partial charge in [0.1, 0.15) is 5.82 Å². The van der Waals surface area contributed by atoms with Gasteiger partial charge in [0.15, 0.2) is 0 Å². The molecule has 0 amide bonds. The molecule has 5 rings (SSSR count). The third-order valence-electron chi connectivity index (χ3n) is 7.03. The van der Waals surface area contributed by atoms with Gasteiger partial charge in [-0.25, -0.2) is 13.4 Å². The summed E-state index contributed by atoms with van der Waals surface area (Å²) in [5.74, 6) is 0.871. The molecule has 208 valence electrons. The first-order valence-corrected chi connectivity index (χ1v) is 15.0. The molecule has 0 fully saturated rings. The summed E-state index contributed by atoms with van der Waals surface area (Å²) < 4.78 is 31.3. The standard InChI is InChI=1S/C33H33N5O2S/c1-36(2)20-9-21-38(41(39,40)30-12-7-4-8-13-30)29-18-19-32-31(23-29)35-33(22-26-14-16-27(24-34)17-15-26)37(32)25-28-10-5-3-6-11-28/h3-8,10-19,23H,9,20-22,25H2,1-2H3. The van der Waals surface area contributed by atoms with E-state index in [4.69, 9.17) is 4.98 Å². The fourth-order valence-electron chi connectivity index (χ4n) is 4.92. The minimum absolute atomic E-state index is 0.265. The van der Waals surface area contributed by atoms with Crippen molar-refractivity contribution in [2.75, 3.05) is 31.5 Å². The Morgan fingerprint density at radius 2 is 1.51 bits per heavy atom. The predicted molar refractivity (Wildman–Crippen MR) is 163 cm³/mol. The normalized spacial score (nSPS) is 11.6. The molecule has 1 aromatic heterocycles. The quantitative estimate of drug-likeness (QED) is 0.206. The SMILES string of the molecule is CN(C)CCCN(c1ccc2c(c1)nc(Cc1ccc(C#N)cc1)n2Cc1ccccc1)S(=O)(=O)c1ccccc1. The number of benzene rings is 4. The molecule has 1 heterocycles. The zero-order valence-electron chi connectivity index (χ0n) is 23.3. The van der Waals surface area contributed by atoms with E-state index in [0.29, 0.717) is 37.2 Å². The molecule has 0 saturated heterocycles. The highest BCUT2D eigenvalue weighted by Crippen LogP contribution is 2.29. The van der Waals surface area contributed by atoms with E-state index in [-0.39, 0.29) is 4.90 Å². The molecule has 0 radical (unpaired) electrons. The van der Waals surface area contributed by atoms with Crippen molar-refractivity contribution in [2.24, 2.45) is 0 Å². The second-order valence-corrected chi connectivity index (χ2v) is 12.2. The van der Waals surface area contributed by atoms with E-state index in [0.717, 1.165) is 34.5 Å². The number of sulfonamides is 1. The van der Waals surface area contributed by atoms with Crippen LogP contribution >= 0.6 is 0 Å². The number of rotatable bonds is 11. The van der Waals surface area contributed by atoms with E-state index in [1.807, 2.05) is 80.8 Å². The lowest BCUT2D eigenvalue weighted by molar-refractivity contribution is 0.403. The van der Waals surface area contributed by atoms with E-state index in [1.165, 1.54) is 4.31 Å². The number of imidazole rings is 1. The van der Waals surface area contributed by atoms with E-state index in [2.05, 4.69) is 27.7 Å². The summed E-state index contributed by atoms with van der Waals surface area (Å²) >= 11 is 0. The van der Waals surface area contributed by atoms with Crippen LogP contribution in [0.3, 0.4) is 0 Å². The Morgan fingerprint density at radius 3 is 2.17 bits per heavy atom. The maximum atomic E-state index is 13.8. The largest absolute Gasteiger partial charge is 0.323 e. The average Bonchev–Trinajstić information content (AvgIpc) is 3.32. The molecular formula is C33H33N5O2S. The van der Waals surface area contributed by atoms with Crippen molar-refractivity contribution in [1.82, 2.24) is 14.5 Å². The van der Waals surface area contributed by atoms with Crippen LogP contribution in [0.25, 0.3) is 11.0 Å². The number of aromatic nitrogens is 2. The lowest BCUT2D eigenvalue weighted by Crippen LogP contribution is -2.33. The fourth-order valence-corrected chi connectivity index (χ4v) is 6.43. The second kappa shape index (κ2) is 12.4. The molecule has 0 spiro atoms. The number of anilines is 1. The summed E-state index contributed by atoms with van der Waals surface area (Å²) in [6, 6.07) is 34.2. The van der Waals surface area contributed by atoms with Crippen molar-refractivity contribution in [1.29, 1.82) is 5.26 Å². The molecule has 0 aliphatic rings. The maximum Gasteiger partial charge on any atom is 0.264 e. The van der Waals surface area contributed by atoms with E-state index in [1.54, 1.807) is 24.3 Å². The molecule has 4 aromatic carbocycles. The van der Waals surface area contributed by atoms with Crippen LogP contribution in [-0.2, 0) is 23.0 Å². The van der Waals surface area contributed by atoms with Gasteiger partial charge in [0, 0.05) is 19.5 Å². The van der Waals surface area contributed by atoms with Gasteiger partial charge in [-0.3, -0.25) is 4.31 Å². The molecule has 5 aromatic rings. The molecule has 41 heavy (non-hydrogen) atoms. The van der Waals surface area contributed by atoms with Crippen LogP contribution in [0.2, 0.25) is 0 Å². The van der Waals surface area contributed by atoms with Crippen LogP contribution < -0.4 is 4.31 Å². The molecule has 0 N–H and O–H groups in total. The van der Waals surface area contributed by atoms with Crippen molar-refractivity contribution in [3.8, 4) is 6.07 Å². The molecule has 7 nitrogen and oxygen atoms in total. The van der Waals surface area contributed by atoms with E-state index >= 15 is 0 Å². The number of hydrogen-bond acceptors (Lipinski definition) is 5. The highest BCUT2D eigenvalue weighted by Gasteiger charge is 2.25. The van der Waals surface area contributed by atoms with Crippen molar-refractivity contribution in [2.45, 2.75) is 24.3 Å². The van der Waals surface area contributed by atoms with Crippen LogP contribution in [0.4, 0.5) is 5.69 Å². The average molecular weight is 564 g/mol. The van der Waals surface area contributed by atoms with Crippen molar-refractivity contribution in [3.05, 3.63) is 126 Å². The summed E-state index contributed by atoms with van der Waals surface area (Å²) in [6.07, 6.45) is 1.26. The summed E-state index contributed by atoms with van der Waals surface area (Å²) in [5, 5.41) is 9.19. The predicted octanol–water partition coefficient (Wildman–Crippen LogP) is 5.69. The Kier molecular flexibility index (Phi) is 8.48. The lowest BCUT2D eigenvalue weighted by Gasteiger charge is -2.25. The monoisotopic (exact) mass is 563 g/mol. The first-order valence-electron chi connectivity index (χ1n) is 13.6. The van der Waals surface area contributed by atoms with Gasteiger partial charge < -0.3 is 9.47 Å². The van der Waals surface area contributed by atoms with Gasteiger partial charge in [-0.15, -0.1) is 0 Å². The molecule has 0 unspecified atom stereocenters. The third-order valence-corrected chi connectivity index (χ3v) is 8.87.